The van der Waals surface area contributed by atoms with E-state index >= 15 is 0 Å². The first kappa shape index (κ1) is 38.5. The number of aromatic nitrogens is 2. The van der Waals surface area contributed by atoms with Crippen molar-refractivity contribution in [2.24, 2.45) is 10.8 Å². The molecule has 2 heterocycles. The number of carbonyl (C=O) groups is 1. The van der Waals surface area contributed by atoms with Crippen LogP contribution in [0.15, 0.2) is 107 Å². The first-order valence-corrected chi connectivity index (χ1v) is 17.1. The van der Waals surface area contributed by atoms with E-state index in [-0.39, 0.29) is 37.1 Å². The van der Waals surface area contributed by atoms with Gasteiger partial charge in [-0.05, 0) is 58.4 Å². The second-order valence-electron chi connectivity index (χ2n) is 15.4. The van der Waals surface area contributed by atoms with E-state index < -0.39 is 5.41 Å². The molecule has 0 saturated heterocycles. The molecule has 0 fully saturated rings. The van der Waals surface area contributed by atoms with Crippen molar-refractivity contribution in [1.82, 2.24) is 9.55 Å². The average Bonchev–Trinajstić information content (AvgIpc) is 3.65. The van der Waals surface area contributed by atoms with E-state index in [4.69, 9.17) is 9.40 Å². The molecule has 0 aliphatic heterocycles. The maximum Gasteiger partial charge on any atom is 0.164 e. The zero-order chi connectivity index (χ0) is 35.7. The third kappa shape index (κ3) is 8.20. The van der Waals surface area contributed by atoms with Crippen molar-refractivity contribution in [3.05, 3.63) is 120 Å². The predicted molar refractivity (Wildman–Crippen MR) is 203 cm³/mol. The zero-order valence-electron chi connectivity index (χ0n) is 30.9. The number of fused-ring (bicyclic) bond motifs is 2. The number of nitrogens with zero attached hydrogens (tertiary/aromatic N) is 2. The van der Waals surface area contributed by atoms with Crippen LogP contribution in [0.4, 0.5) is 0 Å². The van der Waals surface area contributed by atoms with Gasteiger partial charge in [0.05, 0.1) is 16.9 Å². The van der Waals surface area contributed by atoms with Crippen LogP contribution in [0.1, 0.15) is 92.2 Å². The van der Waals surface area contributed by atoms with Crippen molar-refractivity contribution in [2.45, 2.75) is 81.1 Å². The second kappa shape index (κ2) is 15.3. The number of aliphatic hydroxyl groups is 1. The van der Waals surface area contributed by atoms with E-state index in [1.165, 1.54) is 34.0 Å². The summed E-state index contributed by atoms with van der Waals surface area (Å²) in [6.07, 6.45) is 4.51. The smallest absolute Gasteiger partial charge is 0.164 e. The monoisotopic (exact) mass is 846 g/mol. The minimum atomic E-state index is -0.417. The van der Waals surface area contributed by atoms with Crippen LogP contribution in [-0.4, -0.2) is 20.4 Å². The van der Waals surface area contributed by atoms with E-state index in [9.17, 15) is 9.90 Å². The summed E-state index contributed by atoms with van der Waals surface area (Å²) in [5, 5.41) is 10.6. The van der Waals surface area contributed by atoms with Gasteiger partial charge in [0, 0.05) is 54.5 Å². The number of para-hydroxylation sites is 3. The molecule has 5 nitrogen and oxygen atoms in total. The molecule has 263 valence electrons. The van der Waals surface area contributed by atoms with Crippen LogP contribution in [0.25, 0.3) is 50.2 Å². The Kier molecular flexibility index (Phi) is 11.8. The molecule has 0 atom stereocenters. The second-order valence-corrected chi connectivity index (χ2v) is 15.4. The molecule has 1 radical (unpaired) electrons. The molecule has 0 saturated carbocycles. The van der Waals surface area contributed by atoms with Gasteiger partial charge in [-0.1, -0.05) is 141 Å². The van der Waals surface area contributed by atoms with Gasteiger partial charge in [0.1, 0.15) is 5.76 Å². The first-order chi connectivity index (χ1) is 23.1. The summed E-state index contributed by atoms with van der Waals surface area (Å²) in [6.45, 7) is 20.2. The van der Waals surface area contributed by atoms with Gasteiger partial charge in [0.15, 0.2) is 5.78 Å². The number of aliphatic hydroxyl groups excluding tert-OH is 1. The van der Waals surface area contributed by atoms with Gasteiger partial charge in [0.2, 0.25) is 0 Å². The molecule has 6 aromatic rings. The molecular formula is C44H49IrN2O3-. The number of allylic oxidation sites excluding steroid dienone is 2. The molecule has 6 heteroatoms. The third-order valence-electron chi connectivity index (χ3n) is 8.72. The summed E-state index contributed by atoms with van der Waals surface area (Å²) in [4.78, 5) is 16.6. The molecule has 4 aromatic carbocycles. The summed E-state index contributed by atoms with van der Waals surface area (Å²) in [5.41, 5.74) is 9.29. The topological polar surface area (TPSA) is 68.3 Å². The Hall–Kier alpha value is -4.25. The Labute approximate surface area is 310 Å². The Morgan fingerprint density at radius 2 is 1.34 bits per heavy atom. The normalized spacial score (nSPS) is 12.3. The number of hydrogen-bond donors (Lipinski definition) is 1. The summed E-state index contributed by atoms with van der Waals surface area (Å²) >= 11 is 0. The van der Waals surface area contributed by atoms with E-state index in [1.807, 2.05) is 65.8 Å². The maximum atomic E-state index is 11.5. The minimum absolute atomic E-state index is 0. The van der Waals surface area contributed by atoms with E-state index in [0.717, 1.165) is 33.4 Å². The Balaban J connectivity index is 0.000000345. The molecule has 0 amide bonds. The van der Waals surface area contributed by atoms with Gasteiger partial charge in [-0.3, -0.25) is 9.78 Å². The van der Waals surface area contributed by atoms with Crippen LogP contribution >= 0.6 is 0 Å². The van der Waals surface area contributed by atoms with Crippen molar-refractivity contribution >= 4 is 27.8 Å². The summed E-state index contributed by atoms with van der Waals surface area (Å²) in [7, 11) is 0. The summed E-state index contributed by atoms with van der Waals surface area (Å²) in [6, 6.07) is 31.8. The quantitative estimate of drug-likeness (QED) is 0.103. The summed E-state index contributed by atoms with van der Waals surface area (Å²) in [5.74, 6) is 1.60. The zero-order valence-corrected chi connectivity index (χ0v) is 33.3. The number of benzene rings is 4. The van der Waals surface area contributed by atoms with Gasteiger partial charge in [-0.15, -0.1) is 6.07 Å². The average molecular weight is 846 g/mol. The van der Waals surface area contributed by atoms with Crippen molar-refractivity contribution in [3.8, 4) is 28.2 Å². The molecule has 2 aromatic heterocycles. The van der Waals surface area contributed by atoms with E-state index in [2.05, 4.69) is 105 Å². The SMILES string of the molecule is CC(C)(C)C(=O)/C=C(\O)C(C)(C)C.CC(C)c1cc(-c2ccccc2)cc(C(C)C)c1-n1c(-c2[c-]oc3ccccc23)nc2ccccc21.[Ir]. The minimum Gasteiger partial charge on any atom is -0.557 e. The van der Waals surface area contributed by atoms with Crippen LogP contribution < -0.4 is 0 Å². The number of hydrogen-bond acceptors (Lipinski definition) is 4. The van der Waals surface area contributed by atoms with Gasteiger partial charge in [0.25, 0.3) is 0 Å². The summed E-state index contributed by atoms with van der Waals surface area (Å²) < 4.78 is 8.18. The molecule has 0 unspecified atom stereocenters. The molecule has 0 aliphatic rings. The molecule has 1 N–H and O–H groups in total. The van der Waals surface area contributed by atoms with Gasteiger partial charge in [-0.25, -0.2) is 0 Å². The van der Waals surface area contributed by atoms with Crippen molar-refractivity contribution in [1.29, 1.82) is 0 Å². The van der Waals surface area contributed by atoms with Gasteiger partial charge >= 0.3 is 0 Å². The molecule has 6 rings (SSSR count). The van der Waals surface area contributed by atoms with Crippen LogP contribution in [0.3, 0.4) is 0 Å². The number of ketones is 1. The van der Waals surface area contributed by atoms with Crippen LogP contribution in [0.5, 0.6) is 0 Å². The van der Waals surface area contributed by atoms with Crippen molar-refractivity contribution in [2.75, 3.05) is 0 Å². The van der Waals surface area contributed by atoms with Crippen LogP contribution in [-0.2, 0) is 24.9 Å². The fraction of sp³-hybridized carbons (Fsp3) is 0.318. The van der Waals surface area contributed by atoms with Gasteiger partial charge < -0.3 is 14.1 Å². The maximum absolute atomic E-state index is 11.5. The van der Waals surface area contributed by atoms with Crippen LogP contribution in [0, 0.1) is 17.1 Å². The molecular weight excluding hydrogens is 797 g/mol. The molecule has 0 aliphatic carbocycles. The number of carbonyl (C=O) groups excluding carboxylic acids is 1. The fourth-order valence-corrected chi connectivity index (χ4v) is 5.68. The Morgan fingerprint density at radius 1 is 0.780 bits per heavy atom. The molecule has 0 spiro atoms. The van der Waals surface area contributed by atoms with Crippen molar-refractivity contribution < 1.29 is 34.4 Å². The van der Waals surface area contributed by atoms with E-state index in [1.54, 1.807) is 0 Å². The predicted octanol–water partition coefficient (Wildman–Crippen LogP) is 12.2. The standard InChI is InChI=1S/C33H29N2O.C11H20O2.Ir/c1-21(2)26-18-24(23-12-6-5-7-13-23)19-27(22(3)4)32(26)35-30-16-10-9-15-29(30)34-33(35)28-20-36-31-17-11-8-14-25(28)31;1-10(2,3)8(12)7-9(13)11(4,5)6;/h5-19,21-22H,1-4H3;7,12H,1-6H3;/q-1;;/b;8-7-;. The largest absolute Gasteiger partial charge is 0.557 e. The number of furan rings is 1. The van der Waals surface area contributed by atoms with Crippen molar-refractivity contribution in [3.63, 3.8) is 0 Å². The van der Waals surface area contributed by atoms with Gasteiger partial charge in [-0.2, -0.15) is 0 Å². The Morgan fingerprint density at radius 3 is 1.92 bits per heavy atom. The van der Waals surface area contributed by atoms with E-state index in [0.29, 0.717) is 11.8 Å². The number of imidazole rings is 1. The third-order valence-corrected chi connectivity index (χ3v) is 8.72. The Bertz CT molecular complexity index is 2090. The fourth-order valence-electron chi connectivity index (χ4n) is 5.68. The molecule has 50 heavy (non-hydrogen) atoms. The number of rotatable bonds is 6. The first-order valence-electron chi connectivity index (χ1n) is 17.1. The molecule has 0 bridgehead atoms. The van der Waals surface area contributed by atoms with Crippen LogP contribution in [0.2, 0.25) is 0 Å².